The third-order valence-electron chi connectivity index (χ3n) is 2.21. The van der Waals surface area contributed by atoms with Crippen molar-refractivity contribution in [2.45, 2.75) is 19.0 Å². The summed E-state index contributed by atoms with van der Waals surface area (Å²) in [5.74, 6) is -1.06. The minimum atomic E-state index is -0.940. The van der Waals surface area contributed by atoms with Gasteiger partial charge in [-0.05, 0) is 17.7 Å². The first kappa shape index (κ1) is 14.8. The summed E-state index contributed by atoms with van der Waals surface area (Å²) in [6, 6.07) is 4.07. The number of benzene rings is 1. The molecule has 0 bridgehead atoms. The average molecular weight is 290 g/mol. The fraction of sp³-hybridized carbons (Fsp3) is 0.273. The van der Waals surface area contributed by atoms with E-state index in [1.54, 1.807) is 18.2 Å². The summed E-state index contributed by atoms with van der Waals surface area (Å²) in [5, 5.41) is 3.43. The lowest BCUT2D eigenvalue weighted by molar-refractivity contribution is -0.126. The molecule has 0 radical (unpaired) electrons. The zero-order chi connectivity index (χ0) is 13.7. The van der Waals surface area contributed by atoms with Crippen molar-refractivity contribution in [2.75, 3.05) is 0 Å². The number of carbonyl (C=O) groups excluding carboxylic acids is 2. The highest BCUT2D eigenvalue weighted by Gasteiger charge is 2.15. The summed E-state index contributed by atoms with van der Waals surface area (Å²) in [4.78, 5) is 22.1. The molecule has 0 aliphatic rings. The maximum atomic E-state index is 11.5. The van der Waals surface area contributed by atoms with E-state index in [9.17, 15) is 9.59 Å². The Hall–Kier alpha value is -1.30. The van der Waals surface area contributed by atoms with Gasteiger partial charge in [0.1, 0.15) is 0 Å². The fourth-order valence-electron chi connectivity index (χ4n) is 1.28. The Morgan fingerprint density at radius 1 is 1.28 bits per heavy atom. The van der Waals surface area contributed by atoms with Crippen LogP contribution in [0.3, 0.4) is 0 Å². The first-order valence-electron chi connectivity index (χ1n) is 5.15. The monoisotopic (exact) mass is 289 g/mol. The predicted molar refractivity (Wildman–Crippen MR) is 70.1 cm³/mol. The minimum absolute atomic E-state index is 0.187. The van der Waals surface area contributed by atoms with Gasteiger partial charge in [0.15, 0.2) is 0 Å². The van der Waals surface area contributed by atoms with Gasteiger partial charge in [0.05, 0.1) is 22.5 Å². The molecule has 0 aliphatic carbocycles. The van der Waals surface area contributed by atoms with Crippen LogP contribution >= 0.6 is 23.2 Å². The van der Waals surface area contributed by atoms with Gasteiger partial charge in [-0.2, -0.15) is 0 Å². The van der Waals surface area contributed by atoms with Crippen LogP contribution in [0.4, 0.5) is 0 Å². The second kappa shape index (κ2) is 6.58. The molecular formula is C11H13Cl2N3O2. The molecule has 0 aliphatic heterocycles. The molecular weight excluding hydrogens is 277 g/mol. The first-order valence-corrected chi connectivity index (χ1v) is 5.91. The Kier molecular flexibility index (Phi) is 5.40. The number of hydrogen-bond donors (Lipinski definition) is 3. The van der Waals surface area contributed by atoms with Gasteiger partial charge >= 0.3 is 0 Å². The third kappa shape index (κ3) is 4.52. The molecule has 7 heteroatoms. The highest BCUT2D eigenvalue weighted by molar-refractivity contribution is 6.42. The van der Waals surface area contributed by atoms with Crippen LogP contribution in [0.2, 0.25) is 10.0 Å². The third-order valence-corrected chi connectivity index (χ3v) is 2.95. The Balaban J connectivity index is 2.52. The van der Waals surface area contributed by atoms with Crippen LogP contribution in [0.25, 0.3) is 0 Å². The number of hydrogen-bond acceptors (Lipinski definition) is 3. The maximum absolute atomic E-state index is 11.5. The predicted octanol–water partition coefficient (Wildman–Crippen LogP) is 0.812. The van der Waals surface area contributed by atoms with Gasteiger partial charge in [-0.25, -0.2) is 0 Å². The molecule has 0 heterocycles. The number of nitrogens with two attached hydrogens (primary N) is 2. The number of halogens is 2. The molecule has 18 heavy (non-hydrogen) atoms. The molecule has 5 nitrogen and oxygen atoms in total. The van der Waals surface area contributed by atoms with E-state index in [2.05, 4.69) is 5.32 Å². The van der Waals surface area contributed by atoms with E-state index < -0.39 is 17.9 Å². The molecule has 1 aromatic carbocycles. The Bertz CT molecular complexity index is 466. The number of primary amides is 1. The second-order valence-electron chi connectivity index (χ2n) is 3.74. The van der Waals surface area contributed by atoms with Crippen molar-refractivity contribution in [1.82, 2.24) is 5.32 Å². The fourth-order valence-corrected chi connectivity index (χ4v) is 1.60. The summed E-state index contributed by atoms with van der Waals surface area (Å²) in [6.07, 6.45) is -0.187. The van der Waals surface area contributed by atoms with Gasteiger partial charge < -0.3 is 16.8 Å². The van der Waals surface area contributed by atoms with Crippen molar-refractivity contribution in [3.05, 3.63) is 33.8 Å². The maximum Gasteiger partial charge on any atom is 0.237 e. The van der Waals surface area contributed by atoms with Crippen LogP contribution in [0.5, 0.6) is 0 Å². The molecule has 5 N–H and O–H groups in total. The lowest BCUT2D eigenvalue weighted by Gasteiger charge is -2.10. The minimum Gasteiger partial charge on any atom is -0.370 e. The van der Waals surface area contributed by atoms with Crippen LogP contribution in [-0.2, 0) is 16.1 Å². The van der Waals surface area contributed by atoms with Crippen LogP contribution < -0.4 is 16.8 Å². The summed E-state index contributed by atoms with van der Waals surface area (Å²) >= 11 is 11.6. The molecule has 0 saturated heterocycles. The number of amides is 2. The van der Waals surface area contributed by atoms with Crippen LogP contribution in [0.15, 0.2) is 18.2 Å². The molecule has 0 fully saturated rings. The van der Waals surface area contributed by atoms with E-state index in [4.69, 9.17) is 34.7 Å². The zero-order valence-electron chi connectivity index (χ0n) is 9.45. The largest absolute Gasteiger partial charge is 0.370 e. The number of carbonyl (C=O) groups is 2. The number of nitrogens with one attached hydrogen (secondary N) is 1. The van der Waals surface area contributed by atoms with Gasteiger partial charge in [0, 0.05) is 6.54 Å². The smallest absolute Gasteiger partial charge is 0.237 e. The standard InChI is InChI=1S/C11H13Cl2N3O2/c12-7-2-1-6(3-8(7)13)5-16-11(18)9(14)4-10(15)17/h1-3,9H,4-5,14H2,(H2,15,17)(H,16,18)/t9-/m1/s1. The summed E-state index contributed by atoms with van der Waals surface area (Å²) in [6.45, 7) is 0.252. The Morgan fingerprint density at radius 3 is 2.50 bits per heavy atom. The summed E-state index contributed by atoms with van der Waals surface area (Å²) in [5.41, 5.74) is 11.2. The lowest BCUT2D eigenvalue weighted by atomic mass is 10.2. The van der Waals surface area contributed by atoms with Crippen molar-refractivity contribution in [1.29, 1.82) is 0 Å². The van der Waals surface area contributed by atoms with Crippen LogP contribution in [0, 0.1) is 0 Å². The van der Waals surface area contributed by atoms with E-state index in [0.29, 0.717) is 10.0 Å². The van der Waals surface area contributed by atoms with Crippen molar-refractivity contribution >= 4 is 35.0 Å². The van der Waals surface area contributed by atoms with Crippen molar-refractivity contribution in [3.8, 4) is 0 Å². The second-order valence-corrected chi connectivity index (χ2v) is 4.56. The van der Waals surface area contributed by atoms with Gasteiger partial charge in [-0.1, -0.05) is 29.3 Å². The van der Waals surface area contributed by atoms with Crippen molar-refractivity contribution < 1.29 is 9.59 Å². The molecule has 1 rings (SSSR count). The zero-order valence-corrected chi connectivity index (χ0v) is 11.0. The van der Waals surface area contributed by atoms with Gasteiger partial charge in [-0.15, -0.1) is 0 Å². The van der Waals surface area contributed by atoms with Gasteiger partial charge in [-0.3, -0.25) is 9.59 Å². The van der Waals surface area contributed by atoms with Crippen LogP contribution in [0.1, 0.15) is 12.0 Å². The molecule has 98 valence electrons. The quantitative estimate of drug-likeness (QED) is 0.748. The molecule has 0 unspecified atom stereocenters. The molecule has 2 amide bonds. The summed E-state index contributed by atoms with van der Waals surface area (Å²) in [7, 11) is 0. The first-order chi connectivity index (χ1) is 8.40. The van der Waals surface area contributed by atoms with Crippen molar-refractivity contribution in [2.24, 2.45) is 11.5 Å². The molecule has 0 aromatic heterocycles. The highest BCUT2D eigenvalue weighted by Crippen LogP contribution is 2.22. The topological polar surface area (TPSA) is 98.2 Å². The van der Waals surface area contributed by atoms with E-state index >= 15 is 0 Å². The molecule has 0 saturated carbocycles. The van der Waals surface area contributed by atoms with E-state index in [0.717, 1.165) is 5.56 Å². The van der Waals surface area contributed by atoms with E-state index in [-0.39, 0.29) is 13.0 Å². The SMILES string of the molecule is NC(=O)C[C@@H](N)C(=O)NCc1ccc(Cl)c(Cl)c1. The van der Waals surface area contributed by atoms with Crippen molar-refractivity contribution in [3.63, 3.8) is 0 Å². The Labute approximate surface area is 114 Å². The number of rotatable bonds is 5. The average Bonchev–Trinajstić information content (AvgIpc) is 2.29. The highest BCUT2D eigenvalue weighted by atomic mass is 35.5. The normalized spacial score (nSPS) is 11.9. The van der Waals surface area contributed by atoms with Gasteiger partial charge in [0.2, 0.25) is 11.8 Å². The van der Waals surface area contributed by atoms with Gasteiger partial charge in [0.25, 0.3) is 0 Å². The molecule has 1 atom stereocenters. The summed E-state index contributed by atoms with van der Waals surface area (Å²) < 4.78 is 0. The van der Waals surface area contributed by atoms with Crippen LogP contribution in [-0.4, -0.2) is 17.9 Å². The molecule has 1 aromatic rings. The van der Waals surface area contributed by atoms with E-state index in [1.807, 2.05) is 0 Å². The van der Waals surface area contributed by atoms with E-state index in [1.165, 1.54) is 0 Å². The Morgan fingerprint density at radius 2 is 1.94 bits per heavy atom. The lowest BCUT2D eigenvalue weighted by Crippen LogP contribution is -2.42. The molecule has 0 spiro atoms.